The highest BCUT2D eigenvalue weighted by Gasteiger charge is 2.15. The molecule has 0 unspecified atom stereocenters. The van der Waals surface area contributed by atoms with Crippen LogP contribution in [-0.2, 0) is 0 Å². The summed E-state index contributed by atoms with van der Waals surface area (Å²) in [6.45, 7) is 1.84. The first-order valence-corrected chi connectivity index (χ1v) is 5.87. The van der Waals surface area contributed by atoms with Crippen LogP contribution in [0.5, 0.6) is 0 Å². The van der Waals surface area contributed by atoms with E-state index in [0.29, 0.717) is 5.56 Å². The Bertz CT molecular complexity index is 679. The van der Waals surface area contributed by atoms with Gasteiger partial charge in [0, 0.05) is 16.2 Å². The Labute approximate surface area is 111 Å². The number of halogens is 1. The number of benzene rings is 1. The molecular weight excluding hydrogens is 300 g/mol. The molecule has 0 saturated heterocycles. The lowest BCUT2D eigenvalue weighted by molar-refractivity contribution is 0.0697. The minimum absolute atomic E-state index is 0.0317. The van der Waals surface area contributed by atoms with E-state index in [1.807, 2.05) is 19.1 Å². The van der Waals surface area contributed by atoms with Crippen LogP contribution in [0, 0.1) is 6.92 Å². The molecule has 1 aromatic carbocycles. The lowest BCUT2D eigenvalue weighted by atomic mass is 10.0. The molecule has 0 fully saturated rings. The van der Waals surface area contributed by atoms with Crippen LogP contribution >= 0.6 is 15.9 Å². The summed E-state index contributed by atoms with van der Waals surface area (Å²) in [6, 6.07) is 5.44. The van der Waals surface area contributed by atoms with Gasteiger partial charge in [0.25, 0.3) is 0 Å². The van der Waals surface area contributed by atoms with Crippen LogP contribution < -0.4 is 5.69 Å². The van der Waals surface area contributed by atoms with E-state index in [9.17, 15) is 9.59 Å². The first-order valence-electron chi connectivity index (χ1n) is 5.08. The summed E-state index contributed by atoms with van der Waals surface area (Å²) in [7, 11) is 0. The van der Waals surface area contributed by atoms with Crippen LogP contribution in [0.15, 0.2) is 33.7 Å². The number of carbonyl (C=O) groups is 1. The van der Waals surface area contributed by atoms with E-state index in [1.54, 1.807) is 6.07 Å². The van der Waals surface area contributed by atoms with Gasteiger partial charge in [-0.25, -0.2) is 14.6 Å². The smallest absolute Gasteiger partial charge is 0.345 e. The highest BCUT2D eigenvalue weighted by molar-refractivity contribution is 9.10. The molecule has 1 aromatic heterocycles. The van der Waals surface area contributed by atoms with Gasteiger partial charge in [-0.3, -0.25) is 0 Å². The van der Waals surface area contributed by atoms with E-state index < -0.39 is 11.7 Å². The molecule has 18 heavy (non-hydrogen) atoms. The van der Waals surface area contributed by atoms with Crippen LogP contribution in [-0.4, -0.2) is 21.0 Å². The molecule has 0 atom stereocenters. The van der Waals surface area contributed by atoms with Gasteiger partial charge in [-0.2, -0.15) is 0 Å². The van der Waals surface area contributed by atoms with E-state index in [2.05, 4.69) is 25.9 Å². The predicted molar refractivity (Wildman–Crippen MR) is 69.7 cm³/mol. The van der Waals surface area contributed by atoms with Gasteiger partial charge >= 0.3 is 11.7 Å². The van der Waals surface area contributed by atoms with Crippen molar-refractivity contribution in [2.75, 3.05) is 0 Å². The Kier molecular flexibility index (Phi) is 3.29. The topological polar surface area (TPSA) is 83.0 Å². The van der Waals surface area contributed by atoms with Crippen molar-refractivity contribution in [3.05, 3.63) is 50.5 Å². The minimum atomic E-state index is -1.13. The van der Waals surface area contributed by atoms with E-state index >= 15 is 0 Å². The molecule has 2 rings (SSSR count). The molecule has 6 heteroatoms. The van der Waals surface area contributed by atoms with Gasteiger partial charge in [-0.15, -0.1) is 0 Å². The van der Waals surface area contributed by atoms with Crippen LogP contribution in [0.2, 0.25) is 0 Å². The van der Waals surface area contributed by atoms with E-state index in [0.717, 1.165) is 16.2 Å². The van der Waals surface area contributed by atoms with Crippen molar-refractivity contribution in [3.63, 3.8) is 0 Å². The maximum Gasteiger partial charge on any atom is 0.345 e. The van der Waals surface area contributed by atoms with Crippen LogP contribution in [0.25, 0.3) is 11.3 Å². The van der Waals surface area contributed by atoms with E-state index in [1.165, 1.54) is 0 Å². The Balaban J connectivity index is 2.77. The molecule has 0 bridgehead atoms. The quantitative estimate of drug-likeness (QED) is 0.891. The van der Waals surface area contributed by atoms with Gasteiger partial charge in [-0.1, -0.05) is 22.0 Å². The molecule has 0 spiro atoms. The molecule has 0 aliphatic heterocycles. The Morgan fingerprint density at radius 1 is 1.44 bits per heavy atom. The SMILES string of the molecule is Cc1ccc(Br)cc1-c1[nH]c(=O)ncc1C(=O)O. The zero-order chi connectivity index (χ0) is 13.3. The number of hydrogen-bond acceptors (Lipinski definition) is 3. The van der Waals surface area contributed by atoms with E-state index in [4.69, 9.17) is 5.11 Å². The molecule has 92 valence electrons. The number of nitrogens with one attached hydrogen (secondary N) is 1. The third-order valence-corrected chi connectivity index (χ3v) is 3.00. The minimum Gasteiger partial charge on any atom is -0.478 e. The van der Waals surface area contributed by atoms with Crippen LogP contribution in [0.1, 0.15) is 15.9 Å². The zero-order valence-electron chi connectivity index (χ0n) is 9.40. The Morgan fingerprint density at radius 3 is 2.83 bits per heavy atom. The molecular formula is C12H9BrN2O3. The molecule has 0 aliphatic carbocycles. The molecule has 2 aromatic rings. The van der Waals surface area contributed by atoms with Gasteiger partial charge in [0.05, 0.1) is 5.69 Å². The number of carboxylic acid groups (broad SMARTS) is 1. The Hall–Kier alpha value is -1.95. The number of rotatable bonds is 2. The van der Waals surface area contributed by atoms with Gasteiger partial charge in [0.2, 0.25) is 0 Å². The maximum atomic E-state index is 11.3. The summed E-state index contributed by atoms with van der Waals surface area (Å²) in [6.07, 6.45) is 1.07. The highest BCUT2D eigenvalue weighted by atomic mass is 79.9. The summed E-state index contributed by atoms with van der Waals surface area (Å²) in [4.78, 5) is 28.3. The summed E-state index contributed by atoms with van der Waals surface area (Å²) >= 11 is 3.32. The predicted octanol–water partition coefficient (Wildman–Crippen LogP) is 2.21. The first-order chi connectivity index (χ1) is 8.49. The monoisotopic (exact) mass is 308 g/mol. The van der Waals surface area contributed by atoms with Crippen molar-refractivity contribution in [2.45, 2.75) is 6.92 Å². The fraction of sp³-hybridized carbons (Fsp3) is 0.0833. The fourth-order valence-corrected chi connectivity index (χ4v) is 1.99. The second-order valence-electron chi connectivity index (χ2n) is 3.74. The third-order valence-electron chi connectivity index (χ3n) is 2.51. The van der Waals surface area contributed by atoms with Crippen LogP contribution in [0.4, 0.5) is 0 Å². The maximum absolute atomic E-state index is 11.3. The normalized spacial score (nSPS) is 10.3. The average molecular weight is 309 g/mol. The number of hydrogen-bond donors (Lipinski definition) is 2. The number of aromatic amines is 1. The van der Waals surface area contributed by atoms with Crippen molar-refractivity contribution in [1.82, 2.24) is 9.97 Å². The second kappa shape index (κ2) is 4.73. The largest absolute Gasteiger partial charge is 0.478 e. The summed E-state index contributed by atoms with van der Waals surface area (Å²) in [5.74, 6) is -1.13. The van der Waals surface area contributed by atoms with E-state index in [-0.39, 0.29) is 11.3 Å². The summed E-state index contributed by atoms with van der Waals surface area (Å²) in [5.41, 5.74) is 1.18. The first kappa shape index (κ1) is 12.5. The average Bonchev–Trinajstić information content (AvgIpc) is 2.31. The number of carboxylic acids is 1. The molecule has 0 amide bonds. The van der Waals surface area contributed by atoms with Crippen molar-refractivity contribution in [3.8, 4) is 11.3 Å². The standard InChI is InChI=1S/C12H9BrN2O3/c1-6-2-3-7(13)4-8(6)10-9(11(16)17)5-14-12(18)15-10/h2-5H,1H3,(H,16,17)(H,14,15,18). The molecule has 0 aliphatic rings. The zero-order valence-corrected chi connectivity index (χ0v) is 11.0. The van der Waals surface area contributed by atoms with Crippen molar-refractivity contribution < 1.29 is 9.90 Å². The van der Waals surface area contributed by atoms with Gasteiger partial charge in [0.1, 0.15) is 5.56 Å². The van der Waals surface area contributed by atoms with Crippen molar-refractivity contribution in [1.29, 1.82) is 0 Å². The number of aromatic nitrogens is 2. The molecule has 5 nitrogen and oxygen atoms in total. The fourth-order valence-electron chi connectivity index (χ4n) is 1.63. The van der Waals surface area contributed by atoms with Gasteiger partial charge < -0.3 is 10.1 Å². The number of aryl methyl sites for hydroxylation is 1. The van der Waals surface area contributed by atoms with Gasteiger partial charge in [-0.05, 0) is 24.6 Å². The number of aromatic carboxylic acids is 1. The number of nitrogens with zero attached hydrogens (tertiary/aromatic N) is 1. The molecule has 0 saturated carbocycles. The summed E-state index contributed by atoms with van der Waals surface area (Å²) < 4.78 is 0.803. The van der Waals surface area contributed by atoms with Crippen molar-refractivity contribution in [2.24, 2.45) is 0 Å². The van der Waals surface area contributed by atoms with Crippen molar-refractivity contribution >= 4 is 21.9 Å². The third kappa shape index (κ3) is 2.33. The highest BCUT2D eigenvalue weighted by Crippen LogP contribution is 2.26. The second-order valence-corrected chi connectivity index (χ2v) is 4.66. The lowest BCUT2D eigenvalue weighted by Gasteiger charge is -2.08. The lowest BCUT2D eigenvalue weighted by Crippen LogP contribution is -2.15. The summed E-state index contributed by atoms with van der Waals surface area (Å²) in [5, 5.41) is 9.10. The molecule has 1 heterocycles. The van der Waals surface area contributed by atoms with Crippen LogP contribution in [0.3, 0.4) is 0 Å². The Morgan fingerprint density at radius 2 is 2.17 bits per heavy atom. The molecule has 2 N–H and O–H groups in total. The number of H-pyrrole nitrogens is 1. The van der Waals surface area contributed by atoms with Gasteiger partial charge in [0.15, 0.2) is 0 Å². The molecule has 0 radical (unpaired) electrons.